The quantitative estimate of drug-likeness (QED) is 0.427. The predicted molar refractivity (Wildman–Crippen MR) is 135 cm³/mol. The Kier molecular flexibility index (Phi) is 5.31. The number of imide groups is 1. The lowest BCUT2D eigenvalue weighted by molar-refractivity contribution is -0.155. The van der Waals surface area contributed by atoms with E-state index in [0.29, 0.717) is 11.3 Å². The van der Waals surface area contributed by atoms with Gasteiger partial charge in [0.2, 0.25) is 11.5 Å². The zero-order valence-electron chi connectivity index (χ0n) is 21.5. The Morgan fingerprint density at radius 1 is 1.23 bits per heavy atom. The number of morpholine rings is 1. The van der Waals surface area contributed by atoms with Gasteiger partial charge in [0.25, 0.3) is 0 Å². The van der Waals surface area contributed by atoms with Crippen LogP contribution in [0.4, 0.5) is 25.5 Å². The molecule has 0 bridgehead atoms. The van der Waals surface area contributed by atoms with Crippen LogP contribution < -0.4 is 20.4 Å². The minimum absolute atomic E-state index is 0.0119. The number of aliphatic hydroxyl groups is 1. The molecule has 3 aromatic rings. The third kappa shape index (κ3) is 3.29. The second-order valence-electron chi connectivity index (χ2n) is 10.6. The van der Waals surface area contributed by atoms with E-state index in [0.717, 1.165) is 0 Å². The second kappa shape index (κ2) is 8.60. The summed E-state index contributed by atoms with van der Waals surface area (Å²) in [7, 11) is 0. The number of aliphatic hydroxyl groups excluding tert-OH is 1. The highest BCUT2D eigenvalue weighted by Crippen LogP contribution is 2.51. The van der Waals surface area contributed by atoms with Crippen LogP contribution in [0.5, 0.6) is 0 Å². The lowest BCUT2D eigenvalue weighted by atomic mass is 9.66. The van der Waals surface area contributed by atoms with E-state index in [2.05, 4.69) is 20.8 Å². The van der Waals surface area contributed by atoms with Crippen molar-refractivity contribution in [3.8, 4) is 0 Å². The molecule has 3 N–H and O–H groups in total. The van der Waals surface area contributed by atoms with Gasteiger partial charge in [0.1, 0.15) is 24.3 Å². The molecule has 0 radical (unpaired) electrons. The third-order valence-electron chi connectivity index (χ3n) is 8.25. The van der Waals surface area contributed by atoms with E-state index in [1.165, 1.54) is 4.90 Å². The minimum atomic E-state index is -1.60. The molecule has 1 aromatic carbocycles. The molecule has 4 amide bonds. The fraction of sp³-hybridized carbons (Fsp3) is 0.423. The van der Waals surface area contributed by atoms with E-state index in [9.17, 15) is 19.5 Å². The molecule has 4 aliphatic rings. The van der Waals surface area contributed by atoms with Gasteiger partial charge in [-0.15, -0.1) is 0 Å². The Hall–Kier alpha value is -4.30. The SMILES string of the molecule is C[C@@H]1CN2c3c(cc4c(N5C(=O)OC[C@@H]5c5ccccn5)noc4c3F)CC3(C(=O)NC(=O)NC3O)C2[C@H](C)O1. The third-order valence-corrected chi connectivity index (χ3v) is 8.25. The molecular formula is C26H25FN6O7. The molecule has 6 atom stereocenters. The maximum absolute atomic E-state index is 16.4. The normalized spacial score (nSPS) is 31.6. The monoisotopic (exact) mass is 552 g/mol. The number of pyridine rings is 1. The van der Waals surface area contributed by atoms with Crippen molar-refractivity contribution in [2.45, 2.75) is 50.8 Å². The molecule has 40 heavy (non-hydrogen) atoms. The maximum atomic E-state index is 16.4. The highest BCUT2D eigenvalue weighted by atomic mass is 19.1. The number of urea groups is 1. The highest BCUT2D eigenvalue weighted by molar-refractivity contribution is 6.04. The van der Waals surface area contributed by atoms with Gasteiger partial charge in [-0.2, -0.15) is 0 Å². The Bertz CT molecular complexity index is 1570. The number of amides is 4. The molecule has 3 saturated heterocycles. The van der Waals surface area contributed by atoms with Crippen LogP contribution in [-0.2, 0) is 20.7 Å². The van der Waals surface area contributed by atoms with Gasteiger partial charge in [-0.25, -0.2) is 18.9 Å². The number of carbonyl (C=O) groups is 3. The van der Waals surface area contributed by atoms with E-state index in [1.54, 1.807) is 42.3 Å². The van der Waals surface area contributed by atoms with Crippen molar-refractivity contribution in [1.29, 1.82) is 0 Å². The van der Waals surface area contributed by atoms with Crippen LogP contribution in [0, 0.1) is 11.2 Å². The first kappa shape index (κ1) is 24.7. The Morgan fingerprint density at radius 3 is 2.80 bits per heavy atom. The van der Waals surface area contributed by atoms with Crippen LogP contribution in [-0.4, -0.2) is 70.9 Å². The first-order valence-corrected chi connectivity index (χ1v) is 12.9. The van der Waals surface area contributed by atoms with E-state index < -0.39 is 53.7 Å². The smallest absolute Gasteiger partial charge is 0.416 e. The molecule has 0 saturated carbocycles. The van der Waals surface area contributed by atoms with E-state index >= 15 is 4.39 Å². The van der Waals surface area contributed by atoms with Crippen molar-refractivity contribution in [3.05, 3.63) is 47.5 Å². The lowest BCUT2D eigenvalue weighted by Gasteiger charge is -2.57. The van der Waals surface area contributed by atoms with Gasteiger partial charge in [0, 0.05) is 12.7 Å². The van der Waals surface area contributed by atoms with Gasteiger partial charge in [0.15, 0.2) is 11.6 Å². The zero-order chi connectivity index (χ0) is 27.9. The number of hydrogen-bond acceptors (Lipinski definition) is 10. The van der Waals surface area contributed by atoms with Gasteiger partial charge in [-0.3, -0.25) is 15.1 Å². The van der Waals surface area contributed by atoms with Crippen molar-refractivity contribution in [1.82, 2.24) is 20.8 Å². The summed E-state index contributed by atoms with van der Waals surface area (Å²) in [5.74, 6) is -1.38. The predicted octanol–water partition coefficient (Wildman–Crippen LogP) is 1.74. The molecular weight excluding hydrogens is 527 g/mol. The van der Waals surface area contributed by atoms with Gasteiger partial charge >= 0.3 is 12.1 Å². The number of fused-ring (bicyclic) bond motifs is 5. The van der Waals surface area contributed by atoms with Gasteiger partial charge in [0.05, 0.1) is 35.0 Å². The number of nitrogens with one attached hydrogen (secondary N) is 2. The number of benzene rings is 1. The Labute approximate surface area is 226 Å². The summed E-state index contributed by atoms with van der Waals surface area (Å²) >= 11 is 0. The molecule has 0 aliphatic carbocycles. The maximum Gasteiger partial charge on any atom is 0.416 e. The molecule has 7 rings (SSSR count). The number of aromatic nitrogens is 2. The zero-order valence-corrected chi connectivity index (χ0v) is 21.5. The van der Waals surface area contributed by atoms with Crippen LogP contribution in [0.2, 0.25) is 0 Å². The Morgan fingerprint density at radius 2 is 2.05 bits per heavy atom. The molecule has 13 nitrogen and oxygen atoms in total. The van der Waals surface area contributed by atoms with E-state index in [-0.39, 0.29) is 48.2 Å². The number of ether oxygens (including phenoxy) is 2. The lowest BCUT2D eigenvalue weighted by Crippen LogP contribution is -2.76. The fourth-order valence-corrected chi connectivity index (χ4v) is 6.71. The summed E-state index contributed by atoms with van der Waals surface area (Å²) in [4.78, 5) is 45.7. The minimum Gasteiger partial charge on any atom is -0.446 e. The van der Waals surface area contributed by atoms with Crippen molar-refractivity contribution >= 4 is 40.5 Å². The van der Waals surface area contributed by atoms with Crippen LogP contribution in [0.1, 0.15) is 31.1 Å². The fourth-order valence-electron chi connectivity index (χ4n) is 6.71. The molecule has 2 aromatic heterocycles. The van der Waals surface area contributed by atoms with Crippen molar-refractivity contribution in [2.24, 2.45) is 5.41 Å². The van der Waals surface area contributed by atoms with Gasteiger partial charge in [-0.05, 0) is 44.0 Å². The number of carbonyl (C=O) groups excluding carboxylic acids is 3. The van der Waals surface area contributed by atoms with Crippen molar-refractivity contribution in [3.63, 3.8) is 0 Å². The van der Waals surface area contributed by atoms with E-state index in [1.807, 2.05) is 6.92 Å². The number of anilines is 2. The summed E-state index contributed by atoms with van der Waals surface area (Å²) in [5, 5.41) is 20.1. The van der Waals surface area contributed by atoms with Crippen LogP contribution in [0.15, 0.2) is 35.0 Å². The molecule has 3 unspecified atom stereocenters. The summed E-state index contributed by atoms with van der Waals surface area (Å²) in [6.45, 7) is 3.79. The standard InChI is InChI=1S/C26H25FN6O7/c1-11-9-32-18-13(8-26(20(32)12(2)39-11)22(34)29-24(36)30-23(26)35)7-14-19(17(18)27)40-31-21(14)33-16(10-38-25(33)37)15-5-3-4-6-28-15/h3-7,11-12,16,20,22,34H,8-10H2,1-2H3,(H2,29,30,35,36)/t11-,12+,16-,20?,22?,26?/m1/s1. The van der Waals surface area contributed by atoms with Gasteiger partial charge < -0.3 is 29.3 Å². The first-order chi connectivity index (χ1) is 19.2. The number of hydrogen-bond donors (Lipinski definition) is 3. The number of rotatable bonds is 2. The summed E-state index contributed by atoms with van der Waals surface area (Å²) in [6.07, 6.45) is -1.74. The summed E-state index contributed by atoms with van der Waals surface area (Å²) in [6, 6.07) is 4.61. The molecule has 14 heteroatoms. The number of cyclic esters (lactones) is 1. The molecule has 3 fully saturated rings. The summed E-state index contributed by atoms with van der Waals surface area (Å²) < 4.78 is 33.2. The molecule has 4 aliphatic heterocycles. The largest absolute Gasteiger partial charge is 0.446 e. The summed E-state index contributed by atoms with van der Waals surface area (Å²) in [5.41, 5.74) is -0.647. The number of halogens is 1. The average molecular weight is 553 g/mol. The first-order valence-electron chi connectivity index (χ1n) is 12.9. The highest BCUT2D eigenvalue weighted by Gasteiger charge is 2.63. The Balaban J connectivity index is 1.41. The van der Waals surface area contributed by atoms with Crippen molar-refractivity contribution in [2.75, 3.05) is 23.0 Å². The second-order valence-corrected chi connectivity index (χ2v) is 10.6. The molecule has 6 heterocycles. The topological polar surface area (TPSA) is 159 Å². The van der Waals surface area contributed by atoms with Crippen LogP contribution >= 0.6 is 0 Å². The average Bonchev–Trinajstić information content (AvgIpc) is 3.50. The molecule has 1 spiro atoms. The number of nitrogens with zero attached hydrogens (tertiary/aromatic N) is 4. The van der Waals surface area contributed by atoms with Crippen LogP contribution in [0.25, 0.3) is 11.0 Å². The molecule has 208 valence electrons. The van der Waals surface area contributed by atoms with E-state index in [4.69, 9.17) is 14.0 Å². The van der Waals surface area contributed by atoms with Gasteiger partial charge in [-0.1, -0.05) is 11.2 Å². The van der Waals surface area contributed by atoms with Crippen LogP contribution in [0.3, 0.4) is 0 Å². The van der Waals surface area contributed by atoms with Crippen molar-refractivity contribution < 1.29 is 37.9 Å².